The molecule has 3 heterocycles. The van der Waals surface area contributed by atoms with Crippen molar-refractivity contribution >= 4 is 23.0 Å². The summed E-state index contributed by atoms with van der Waals surface area (Å²) in [6, 6.07) is 23.4. The maximum atomic E-state index is 5.93. The molecule has 2 aromatic carbocycles. The highest BCUT2D eigenvalue weighted by Crippen LogP contribution is 2.44. The van der Waals surface area contributed by atoms with Crippen LogP contribution in [-0.4, -0.2) is 14.7 Å². The number of para-hydroxylation sites is 1. The summed E-state index contributed by atoms with van der Waals surface area (Å²) in [5, 5.41) is 4.32. The summed E-state index contributed by atoms with van der Waals surface area (Å²) in [6.07, 6.45) is 1.85. The van der Waals surface area contributed by atoms with E-state index in [4.69, 9.17) is 17.2 Å². The van der Waals surface area contributed by atoms with E-state index in [9.17, 15) is 0 Å². The lowest BCUT2D eigenvalue weighted by Gasteiger charge is -2.28. The Hall–Kier alpha value is -3.44. The van der Waals surface area contributed by atoms with Crippen molar-refractivity contribution < 1.29 is 0 Å². The van der Waals surface area contributed by atoms with Crippen molar-refractivity contribution in [3.8, 4) is 5.69 Å². The minimum atomic E-state index is -0.0545. The minimum absolute atomic E-state index is 0.0199. The van der Waals surface area contributed by atoms with Crippen molar-refractivity contribution in [2.45, 2.75) is 46.7 Å². The Morgan fingerprint density at radius 1 is 0.824 bits per heavy atom. The first-order valence-corrected chi connectivity index (χ1v) is 12.1. The summed E-state index contributed by atoms with van der Waals surface area (Å²) in [7, 11) is 0. The summed E-state index contributed by atoms with van der Waals surface area (Å²) in [6.45, 7) is 10.9. The quantitative estimate of drug-likeness (QED) is 0.344. The third-order valence-corrected chi connectivity index (χ3v) is 7.33. The zero-order valence-corrected chi connectivity index (χ0v) is 21.1. The molecule has 0 amide bonds. The van der Waals surface area contributed by atoms with Gasteiger partial charge >= 0.3 is 0 Å². The highest BCUT2D eigenvalue weighted by atomic mass is 32.1. The van der Waals surface area contributed by atoms with Gasteiger partial charge in [-0.2, -0.15) is 0 Å². The Morgan fingerprint density at radius 2 is 1.59 bits per heavy atom. The molecule has 4 aromatic rings. The average molecular weight is 467 g/mol. The molecule has 5 heteroatoms. The predicted molar refractivity (Wildman–Crippen MR) is 144 cm³/mol. The fraction of sp³-hybridized carbons (Fsp3) is 0.241. The molecule has 1 fully saturated rings. The molecule has 172 valence electrons. The van der Waals surface area contributed by atoms with Gasteiger partial charge in [-0.15, -0.1) is 0 Å². The number of hydrogen-bond donors (Lipinski definition) is 1. The minimum Gasteiger partial charge on any atom is -0.351 e. The van der Waals surface area contributed by atoms with Crippen molar-refractivity contribution in [1.82, 2.24) is 14.9 Å². The zero-order chi connectivity index (χ0) is 24.0. The third-order valence-electron chi connectivity index (χ3n) is 7.01. The van der Waals surface area contributed by atoms with Crippen LogP contribution in [0.25, 0.3) is 5.69 Å². The molecule has 2 aromatic heterocycles. The van der Waals surface area contributed by atoms with Crippen LogP contribution >= 0.6 is 12.2 Å². The van der Waals surface area contributed by atoms with Crippen molar-refractivity contribution in [2.24, 2.45) is 0 Å². The standard InChI is InChI=1S/C29H30N4S/c1-18-13-14-23(16-20(18)3)33-28(27(31-29(33)34)25-11-8-9-15-30-25)24-17-21(4)32(22(24)5)26-12-7-6-10-19(26)2/h6-17,27-28H,1-5H3,(H,31,34). The molecule has 0 radical (unpaired) electrons. The summed E-state index contributed by atoms with van der Waals surface area (Å²) >= 11 is 5.93. The second kappa shape index (κ2) is 8.73. The largest absolute Gasteiger partial charge is 0.351 e. The van der Waals surface area contributed by atoms with Gasteiger partial charge in [-0.25, -0.2) is 0 Å². The van der Waals surface area contributed by atoms with E-state index in [2.05, 4.69) is 104 Å². The highest BCUT2D eigenvalue weighted by molar-refractivity contribution is 7.80. The number of benzene rings is 2. The van der Waals surface area contributed by atoms with E-state index in [-0.39, 0.29) is 12.1 Å². The smallest absolute Gasteiger partial charge is 0.174 e. The Bertz CT molecular complexity index is 1370. The van der Waals surface area contributed by atoms with Gasteiger partial charge in [0.25, 0.3) is 0 Å². The van der Waals surface area contributed by atoms with Gasteiger partial charge in [0.2, 0.25) is 0 Å². The monoisotopic (exact) mass is 466 g/mol. The molecule has 5 rings (SSSR count). The third kappa shape index (κ3) is 3.70. The first kappa shape index (κ1) is 22.4. The van der Waals surface area contributed by atoms with Gasteiger partial charge in [0, 0.05) is 29.0 Å². The fourth-order valence-electron chi connectivity index (χ4n) is 5.10. The number of thiocarbonyl (C=S) groups is 1. The lowest BCUT2D eigenvalue weighted by molar-refractivity contribution is 0.565. The first-order chi connectivity index (χ1) is 16.4. The van der Waals surface area contributed by atoms with Crippen LogP contribution in [0.4, 0.5) is 5.69 Å². The van der Waals surface area contributed by atoms with Crippen LogP contribution in [-0.2, 0) is 0 Å². The van der Waals surface area contributed by atoms with E-state index in [1.165, 1.54) is 39.3 Å². The van der Waals surface area contributed by atoms with E-state index >= 15 is 0 Å². The summed E-state index contributed by atoms with van der Waals surface area (Å²) in [5.41, 5.74) is 10.8. The van der Waals surface area contributed by atoms with E-state index in [1.807, 2.05) is 18.3 Å². The molecule has 1 aliphatic heterocycles. The molecule has 1 aliphatic rings. The van der Waals surface area contributed by atoms with Gasteiger partial charge < -0.3 is 14.8 Å². The van der Waals surface area contributed by atoms with Crippen LogP contribution in [0.3, 0.4) is 0 Å². The molecule has 0 bridgehead atoms. The van der Waals surface area contributed by atoms with Gasteiger partial charge in [0.1, 0.15) is 0 Å². The number of pyridine rings is 1. The van der Waals surface area contributed by atoms with Gasteiger partial charge in [-0.05, 0) is 105 Å². The molecule has 2 unspecified atom stereocenters. The van der Waals surface area contributed by atoms with Crippen molar-refractivity contribution in [3.05, 3.63) is 112 Å². The van der Waals surface area contributed by atoms with E-state index in [0.717, 1.165) is 16.5 Å². The highest BCUT2D eigenvalue weighted by Gasteiger charge is 2.42. The number of aryl methyl sites for hydroxylation is 4. The predicted octanol–water partition coefficient (Wildman–Crippen LogP) is 6.59. The van der Waals surface area contributed by atoms with Gasteiger partial charge in [-0.1, -0.05) is 30.3 Å². The van der Waals surface area contributed by atoms with Crippen LogP contribution in [0.5, 0.6) is 0 Å². The van der Waals surface area contributed by atoms with Crippen LogP contribution < -0.4 is 10.2 Å². The van der Waals surface area contributed by atoms with E-state index in [0.29, 0.717) is 0 Å². The van der Waals surface area contributed by atoms with Crippen molar-refractivity contribution in [1.29, 1.82) is 0 Å². The number of aromatic nitrogens is 2. The Kier molecular flexibility index (Phi) is 5.74. The van der Waals surface area contributed by atoms with Gasteiger partial charge in [0.05, 0.1) is 17.8 Å². The first-order valence-electron chi connectivity index (χ1n) is 11.7. The molecular formula is C29H30N4S. The lowest BCUT2D eigenvalue weighted by Crippen LogP contribution is -2.29. The molecular weight excluding hydrogens is 436 g/mol. The Labute approximate surface area is 207 Å². The Morgan fingerprint density at radius 3 is 2.29 bits per heavy atom. The van der Waals surface area contributed by atoms with Crippen LogP contribution in [0.15, 0.2) is 72.9 Å². The SMILES string of the molecule is Cc1ccc(N2C(=S)NC(c3ccccn3)C2c2cc(C)n(-c3ccccc3C)c2C)cc1C. The van der Waals surface area contributed by atoms with Crippen molar-refractivity contribution in [2.75, 3.05) is 4.90 Å². The van der Waals surface area contributed by atoms with Crippen LogP contribution in [0, 0.1) is 34.6 Å². The van der Waals surface area contributed by atoms with Crippen LogP contribution in [0.2, 0.25) is 0 Å². The van der Waals surface area contributed by atoms with Gasteiger partial charge in [0.15, 0.2) is 5.11 Å². The van der Waals surface area contributed by atoms with Crippen LogP contribution in [0.1, 0.15) is 51.4 Å². The second-order valence-corrected chi connectivity index (χ2v) is 9.60. The molecule has 1 saturated heterocycles. The number of rotatable bonds is 4. The molecule has 0 saturated carbocycles. The Balaban J connectivity index is 1.70. The normalized spacial score (nSPS) is 17.8. The molecule has 0 aliphatic carbocycles. The number of hydrogen-bond acceptors (Lipinski definition) is 2. The van der Waals surface area contributed by atoms with E-state index in [1.54, 1.807) is 0 Å². The zero-order valence-electron chi connectivity index (χ0n) is 20.3. The van der Waals surface area contributed by atoms with E-state index < -0.39 is 0 Å². The fourth-order valence-corrected chi connectivity index (χ4v) is 5.44. The number of nitrogens with one attached hydrogen (secondary N) is 1. The summed E-state index contributed by atoms with van der Waals surface area (Å²) in [4.78, 5) is 6.98. The maximum Gasteiger partial charge on any atom is 0.174 e. The molecule has 34 heavy (non-hydrogen) atoms. The molecule has 4 nitrogen and oxygen atoms in total. The maximum absolute atomic E-state index is 5.93. The number of nitrogens with zero attached hydrogens (tertiary/aromatic N) is 3. The van der Waals surface area contributed by atoms with Gasteiger partial charge in [-0.3, -0.25) is 4.98 Å². The lowest BCUT2D eigenvalue weighted by atomic mass is 9.96. The van der Waals surface area contributed by atoms with Crippen molar-refractivity contribution in [3.63, 3.8) is 0 Å². The molecule has 1 N–H and O–H groups in total. The molecule has 2 atom stereocenters. The topological polar surface area (TPSA) is 33.1 Å². The molecule has 0 spiro atoms. The summed E-state index contributed by atoms with van der Waals surface area (Å²) in [5.74, 6) is 0. The average Bonchev–Trinajstić information content (AvgIpc) is 3.32. The number of anilines is 1. The second-order valence-electron chi connectivity index (χ2n) is 9.21. The summed E-state index contributed by atoms with van der Waals surface area (Å²) < 4.78 is 2.36.